The van der Waals surface area contributed by atoms with Gasteiger partial charge in [-0.1, -0.05) is 339 Å². The number of aliphatic hydroxyl groups is 11. The number of allylic oxidation sites excluding steroid dienone is 7. The van der Waals surface area contributed by atoms with E-state index in [1.807, 2.05) is 6.08 Å². The summed E-state index contributed by atoms with van der Waals surface area (Å²) in [6.07, 6.45) is 56.8. The molecule has 17 atom stereocenters. The normalized spacial score (nSPS) is 26.1. The summed E-state index contributed by atoms with van der Waals surface area (Å²) in [6.45, 7) is 1.78. The quantitative estimate of drug-likeness (QED) is 0.0199. The van der Waals surface area contributed by atoms with Gasteiger partial charge >= 0.3 is 0 Å². The third kappa shape index (κ3) is 44.6. The first-order chi connectivity index (χ1) is 50.8. The van der Waals surface area contributed by atoms with Gasteiger partial charge in [0.2, 0.25) is 5.91 Å². The van der Waals surface area contributed by atoms with Crippen molar-refractivity contribution in [2.75, 3.05) is 26.4 Å². The van der Waals surface area contributed by atoms with Crippen molar-refractivity contribution >= 4 is 5.91 Å². The van der Waals surface area contributed by atoms with E-state index in [4.69, 9.17) is 28.4 Å². The molecule has 0 spiro atoms. The van der Waals surface area contributed by atoms with Crippen LogP contribution < -0.4 is 5.32 Å². The molecule has 610 valence electrons. The van der Waals surface area contributed by atoms with Gasteiger partial charge in [-0.15, -0.1) is 0 Å². The molecular weight excluding hydrogens is 1320 g/mol. The molecule has 19 heteroatoms. The summed E-state index contributed by atoms with van der Waals surface area (Å²) in [7, 11) is 0. The van der Waals surface area contributed by atoms with Crippen molar-refractivity contribution < 1.29 is 89.4 Å². The zero-order valence-electron chi connectivity index (χ0n) is 65.5. The Balaban J connectivity index is 1.34. The lowest BCUT2D eigenvalue weighted by molar-refractivity contribution is -0.379. The number of hydrogen-bond acceptors (Lipinski definition) is 18. The molecule has 3 aliphatic heterocycles. The number of amides is 1. The molecule has 0 saturated carbocycles. The Morgan fingerprint density at radius 2 is 0.635 bits per heavy atom. The Kier molecular flexibility index (Phi) is 60.4. The van der Waals surface area contributed by atoms with Crippen LogP contribution in [0.2, 0.25) is 0 Å². The van der Waals surface area contributed by atoms with E-state index in [1.165, 1.54) is 270 Å². The first-order valence-electron chi connectivity index (χ1n) is 42.9. The first kappa shape index (κ1) is 96.0. The molecule has 0 aliphatic carbocycles. The van der Waals surface area contributed by atoms with E-state index >= 15 is 0 Å². The highest BCUT2D eigenvalue weighted by Crippen LogP contribution is 2.33. The second-order valence-electron chi connectivity index (χ2n) is 30.6. The molecule has 0 aromatic carbocycles. The fourth-order valence-corrected chi connectivity index (χ4v) is 14.5. The predicted octanol–water partition coefficient (Wildman–Crippen LogP) is 15.2. The molecule has 19 nitrogen and oxygen atoms in total. The third-order valence-electron chi connectivity index (χ3n) is 21.4. The second kappa shape index (κ2) is 65.5. The minimum absolute atomic E-state index is 0.246. The van der Waals surface area contributed by atoms with Gasteiger partial charge in [0.05, 0.1) is 38.6 Å². The van der Waals surface area contributed by atoms with Gasteiger partial charge < -0.3 is 89.9 Å². The number of nitrogens with one attached hydrogen (secondary N) is 1. The van der Waals surface area contributed by atoms with Crippen LogP contribution in [0.1, 0.15) is 354 Å². The van der Waals surface area contributed by atoms with Gasteiger partial charge in [-0.3, -0.25) is 4.79 Å². The van der Waals surface area contributed by atoms with Crippen LogP contribution in [-0.4, -0.2) is 193 Å². The largest absolute Gasteiger partial charge is 0.394 e. The van der Waals surface area contributed by atoms with Crippen molar-refractivity contribution in [1.29, 1.82) is 0 Å². The van der Waals surface area contributed by atoms with E-state index in [9.17, 15) is 61.0 Å². The molecule has 12 N–H and O–H groups in total. The van der Waals surface area contributed by atoms with Crippen LogP contribution in [0.5, 0.6) is 0 Å². The van der Waals surface area contributed by atoms with E-state index in [-0.39, 0.29) is 18.9 Å². The minimum Gasteiger partial charge on any atom is -0.394 e. The summed E-state index contributed by atoms with van der Waals surface area (Å²) in [5, 5.41) is 121. The fourth-order valence-electron chi connectivity index (χ4n) is 14.5. The Morgan fingerprint density at radius 1 is 0.346 bits per heavy atom. The van der Waals surface area contributed by atoms with Gasteiger partial charge in [-0.05, 0) is 57.8 Å². The standard InChI is InChI=1S/C85H157NO18/c1-3-5-7-9-11-13-15-17-19-21-23-25-27-29-30-31-32-33-34-35-36-37-38-39-41-43-45-47-49-51-53-55-57-59-61-63-73(91)86-68(69(90)62-60-58-56-54-52-50-48-46-44-42-40-28-26-24-22-20-18-16-14-12-10-8-6-4-2)67-99-83-79(97)76(94)81(71(65-88)101-83)104-85-80(98)77(95)82(72(66-89)102-85)103-84-78(96)75(93)74(92)70(64-87)100-84/h15,17,21,23,27,29,60,62,68-72,74-85,87-90,92-98H,3-14,16,18-20,22,24-26,28,30-59,61,63-67H2,1-2H3,(H,86,91)/b17-15-,23-21-,29-27-,62-60+. The van der Waals surface area contributed by atoms with Crippen LogP contribution in [0.3, 0.4) is 0 Å². The van der Waals surface area contributed by atoms with Gasteiger partial charge in [-0.25, -0.2) is 0 Å². The maximum absolute atomic E-state index is 13.5. The molecule has 104 heavy (non-hydrogen) atoms. The molecule has 3 heterocycles. The van der Waals surface area contributed by atoms with Gasteiger partial charge in [0.15, 0.2) is 18.9 Å². The monoisotopic (exact) mass is 1480 g/mol. The molecule has 0 bridgehead atoms. The lowest BCUT2D eigenvalue weighted by Crippen LogP contribution is -2.66. The predicted molar refractivity (Wildman–Crippen MR) is 416 cm³/mol. The lowest BCUT2D eigenvalue weighted by atomic mass is 9.96. The van der Waals surface area contributed by atoms with Crippen LogP contribution in [0.15, 0.2) is 48.6 Å². The van der Waals surface area contributed by atoms with Crippen molar-refractivity contribution in [2.24, 2.45) is 0 Å². The van der Waals surface area contributed by atoms with Gasteiger partial charge in [0.1, 0.15) is 73.2 Å². The molecule has 3 saturated heterocycles. The summed E-state index contributed by atoms with van der Waals surface area (Å²) < 4.78 is 34.5. The van der Waals surface area contributed by atoms with E-state index < -0.39 is 124 Å². The Labute approximate surface area is 631 Å². The van der Waals surface area contributed by atoms with Crippen molar-refractivity contribution in [3.05, 3.63) is 48.6 Å². The van der Waals surface area contributed by atoms with Crippen LogP contribution in [0.4, 0.5) is 0 Å². The molecule has 3 aliphatic rings. The summed E-state index contributed by atoms with van der Waals surface area (Å²) in [6, 6.07) is -0.974. The Bertz CT molecular complexity index is 2060. The molecule has 3 fully saturated rings. The zero-order valence-corrected chi connectivity index (χ0v) is 65.5. The molecular formula is C85H157NO18. The average Bonchev–Trinajstić information content (AvgIpc) is 0.783. The summed E-state index contributed by atoms with van der Waals surface area (Å²) >= 11 is 0. The SMILES string of the molecule is CCCCCCC/C=C\C/C=C\C/C=C\CCCCCCCCCCCCCCCCCCCCCCC(=O)NC(COC1OC(CO)C(OC2OC(CO)C(OC3OC(CO)C(O)C(O)C3O)C(O)C2O)C(O)C1O)C(O)/C=C/CCCCCCCCCCCCCCCCCCCCCCCC. The highest BCUT2D eigenvalue weighted by molar-refractivity contribution is 5.76. The number of carbonyl (C=O) groups excluding carboxylic acids is 1. The average molecular weight is 1480 g/mol. The van der Waals surface area contributed by atoms with Crippen molar-refractivity contribution in [2.45, 2.75) is 458 Å². The lowest BCUT2D eigenvalue weighted by Gasteiger charge is -2.48. The fraction of sp³-hybridized carbons (Fsp3) is 0.894. The summed E-state index contributed by atoms with van der Waals surface area (Å²) in [5.74, 6) is -0.269. The Hall–Kier alpha value is -2.25. The molecule has 0 radical (unpaired) electrons. The van der Waals surface area contributed by atoms with E-state index in [1.54, 1.807) is 6.08 Å². The van der Waals surface area contributed by atoms with Crippen molar-refractivity contribution in [1.82, 2.24) is 5.32 Å². The number of ether oxygens (including phenoxy) is 6. The summed E-state index contributed by atoms with van der Waals surface area (Å²) in [5.41, 5.74) is 0. The zero-order chi connectivity index (χ0) is 75.3. The molecule has 3 rings (SSSR count). The van der Waals surface area contributed by atoms with Gasteiger partial charge in [0.25, 0.3) is 0 Å². The molecule has 17 unspecified atom stereocenters. The maximum Gasteiger partial charge on any atom is 0.220 e. The van der Waals surface area contributed by atoms with Crippen LogP contribution in [-0.2, 0) is 33.2 Å². The number of carbonyl (C=O) groups is 1. The van der Waals surface area contributed by atoms with Crippen molar-refractivity contribution in [3.8, 4) is 0 Å². The smallest absolute Gasteiger partial charge is 0.220 e. The minimum atomic E-state index is -1.98. The molecule has 0 aromatic rings. The van der Waals surface area contributed by atoms with Gasteiger partial charge in [-0.2, -0.15) is 0 Å². The number of hydrogen-bond donors (Lipinski definition) is 12. The highest BCUT2D eigenvalue weighted by atomic mass is 16.8. The summed E-state index contributed by atoms with van der Waals surface area (Å²) in [4.78, 5) is 13.5. The van der Waals surface area contributed by atoms with E-state index in [0.29, 0.717) is 6.42 Å². The molecule has 1 amide bonds. The Morgan fingerprint density at radius 3 is 0.990 bits per heavy atom. The van der Waals surface area contributed by atoms with Crippen LogP contribution in [0, 0.1) is 0 Å². The van der Waals surface area contributed by atoms with Crippen LogP contribution >= 0.6 is 0 Å². The van der Waals surface area contributed by atoms with Gasteiger partial charge in [0, 0.05) is 6.42 Å². The topological polar surface area (TPSA) is 307 Å². The first-order valence-corrected chi connectivity index (χ1v) is 42.9. The number of aliphatic hydroxyl groups excluding tert-OH is 11. The maximum atomic E-state index is 13.5. The van der Waals surface area contributed by atoms with Crippen LogP contribution in [0.25, 0.3) is 0 Å². The van der Waals surface area contributed by atoms with E-state index in [0.717, 1.165) is 57.8 Å². The highest BCUT2D eigenvalue weighted by Gasteiger charge is 2.54. The molecule has 0 aromatic heterocycles. The van der Waals surface area contributed by atoms with E-state index in [2.05, 4.69) is 55.6 Å². The second-order valence-corrected chi connectivity index (χ2v) is 30.6. The third-order valence-corrected chi connectivity index (χ3v) is 21.4. The number of unbranched alkanes of at least 4 members (excludes halogenated alkanes) is 47. The van der Waals surface area contributed by atoms with Crippen molar-refractivity contribution in [3.63, 3.8) is 0 Å². The number of rotatable bonds is 69.